The zero-order chi connectivity index (χ0) is 17.1. The third-order valence-corrected chi connectivity index (χ3v) is 1.59. The van der Waals surface area contributed by atoms with Gasteiger partial charge in [0.05, 0.1) is 0 Å². The molecule has 6 nitrogen and oxygen atoms in total. The average Bonchev–Trinajstić information content (AvgIpc) is 2.57. The van der Waals surface area contributed by atoms with Crippen molar-refractivity contribution in [1.82, 2.24) is 0 Å². The first kappa shape index (κ1) is 36.0. The molecule has 0 unspecified atom stereocenters. The van der Waals surface area contributed by atoms with Crippen molar-refractivity contribution in [3.05, 3.63) is 45.9 Å². The van der Waals surface area contributed by atoms with Crippen LogP contribution >= 0.6 is 0 Å². The topological polar surface area (TPSA) is 109 Å². The maximum absolute atomic E-state index is 7.50. The van der Waals surface area contributed by atoms with Crippen molar-refractivity contribution < 1.29 is 47.4 Å². The standard InChI is InChI=1S/C7H8O.5CO.W/c1-3-4-5-6-7-8-2;5*1-2;/h3H,1,4H2,2H3;;;;;;. The van der Waals surface area contributed by atoms with Crippen LogP contribution in [0.1, 0.15) is 6.42 Å². The number of ether oxygens (including phenoxy) is 1. The predicted octanol–water partition coefficient (Wildman–Crippen LogP) is 0.701. The number of hydrogen-bond donors (Lipinski definition) is 0. The van der Waals surface area contributed by atoms with E-state index in [1.807, 2.05) is 0 Å². The molecule has 0 N–H and O–H groups in total. The van der Waals surface area contributed by atoms with E-state index in [1.165, 1.54) is 19.4 Å². The molecule has 0 fully saturated rings. The molecule has 0 aromatic carbocycles. The molecule has 0 radical (unpaired) electrons. The molecule has 0 aromatic heterocycles. The molecule has 0 amide bonds. The SMILES string of the molecule is C=CCC#C[C](=[W])OC.[C-]#[O+].[C-]#[O+].[C-]#[O+].[C-]#[O+].[C-]#[O+]. The summed E-state index contributed by atoms with van der Waals surface area (Å²) in [5, 5.41) is 0. The summed E-state index contributed by atoms with van der Waals surface area (Å²) < 4.78 is 43.2. The summed E-state index contributed by atoms with van der Waals surface area (Å²) in [6.45, 7) is 26.0. The number of hydrogen-bond acceptors (Lipinski definition) is 1. The Morgan fingerprint density at radius 3 is 1.58 bits per heavy atom. The number of rotatable bonds is 2. The first-order valence-electron chi connectivity index (χ1n) is 3.51. The summed E-state index contributed by atoms with van der Waals surface area (Å²) in [6, 6.07) is 0. The van der Waals surface area contributed by atoms with Gasteiger partial charge in [-0.1, -0.05) is 0 Å². The monoisotopic (exact) mass is 432 g/mol. The molecule has 0 bridgehead atoms. The molecule has 7 heteroatoms. The van der Waals surface area contributed by atoms with E-state index in [0.717, 1.165) is 10.5 Å². The zero-order valence-electron chi connectivity index (χ0n) is 9.85. The van der Waals surface area contributed by atoms with Crippen LogP contribution in [0.5, 0.6) is 0 Å². The van der Waals surface area contributed by atoms with E-state index >= 15 is 0 Å². The molecule has 0 rings (SSSR count). The van der Waals surface area contributed by atoms with Crippen LogP contribution in [0, 0.1) is 45.1 Å². The van der Waals surface area contributed by atoms with Gasteiger partial charge < -0.3 is 0 Å². The predicted molar refractivity (Wildman–Crippen MR) is 54.3 cm³/mol. The Hall–Kier alpha value is -1.48. The molecule has 98 valence electrons. The third kappa shape index (κ3) is 114. The van der Waals surface area contributed by atoms with Gasteiger partial charge in [-0.3, -0.25) is 0 Å². The quantitative estimate of drug-likeness (QED) is 0.273. The fraction of sp³-hybridized carbons (Fsp3) is 0.167. The summed E-state index contributed by atoms with van der Waals surface area (Å²) in [4.78, 5) is 0. The minimum absolute atomic E-state index is 0.736. The van der Waals surface area contributed by atoms with E-state index in [4.69, 9.17) is 28.0 Å². The molecule has 0 aliphatic carbocycles. The first-order chi connectivity index (χ1) is 9.31. The molecule has 0 saturated carbocycles. The molecule has 0 heterocycles. The van der Waals surface area contributed by atoms with E-state index in [-0.39, 0.29) is 0 Å². The maximum atomic E-state index is 7.50. The van der Waals surface area contributed by atoms with Gasteiger partial charge in [-0.05, 0) is 0 Å². The van der Waals surface area contributed by atoms with Crippen LogP contribution in [0.2, 0.25) is 0 Å². The van der Waals surface area contributed by atoms with Crippen molar-refractivity contribution in [2.45, 2.75) is 6.42 Å². The number of allylic oxidation sites excluding steroid dienone is 1. The minimum atomic E-state index is 0.736. The molecule has 0 aliphatic heterocycles. The van der Waals surface area contributed by atoms with Crippen molar-refractivity contribution in [2.75, 3.05) is 7.11 Å². The number of methoxy groups -OCH3 is 1. The van der Waals surface area contributed by atoms with E-state index in [2.05, 4.69) is 51.7 Å². The van der Waals surface area contributed by atoms with E-state index in [9.17, 15) is 0 Å². The van der Waals surface area contributed by atoms with Crippen LogP contribution in [0.15, 0.2) is 12.7 Å². The third-order valence-electron chi connectivity index (χ3n) is 0.622. The Kier molecular flexibility index (Phi) is 178. The second-order valence-corrected chi connectivity index (χ2v) is 2.62. The fourth-order valence-electron chi connectivity index (χ4n) is 0.246. The summed E-state index contributed by atoms with van der Waals surface area (Å²) >= 11 is 1.27. The van der Waals surface area contributed by atoms with Crippen molar-refractivity contribution in [3.63, 3.8) is 0 Å². The Morgan fingerprint density at radius 1 is 1.05 bits per heavy atom. The van der Waals surface area contributed by atoms with Gasteiger partial charge in [0.15, 0.2) is 0 Å². The fourth-order valence-corrected chi connectivity index (χ4v) is 0.506. The first-order valence-corrected chi connectivity index (χ1v) is 4.97. The van der Waals surface area contributed by atoms with Gasteiger partial charge in [-0.2, -0.15) is 0 Å². The van der Waals surface area contributed by atoms with Crippen LogP contribution < -0.4 is 0 Å². The van der Waals surface area contributed by atoms with Crippen molar-refractivity contribution in [3.8, 4) is 11.8 Å². The van der Waals surface area contributed by atoms with E-state index in [1.54, 1.807) is 13.2 Å². The Morgan fingerprint density at radius 2 is 1.37 bits per heavy atom. The van der Waals surface area contributed by atoms with Crippen LogP contribution in [-0.4, -0.2) is 11.2 Å². The normalized spacial score (nSPS) is 3.95. The van der Waals surface area contributed by atoms with Crippen molar-refractivity contribution in [1.29, 1.82) is 0 Å². The summed E-state index contributed by atoms with van der Waals surface area (Å²) in [6.07, 6.45) is 2.51. The second kappa shape index (κ2) is 93.6. The van der Waals surface area contributed by atoms with Gasteiger partial charge in [-0.25, -0.2) is 0 Å². The molecule has 0 atom stereocenters. The van der Waals surface area contributed by atoms with E-state index in [0.29, 0.717) is 0 Å². The zero-order valence-corrected chi connectivity index (χ0v) is 12.8. The van der Waals surface area contributed by atoms with Gasteiger partial charge in [0.2, 0.25) is 0 Å². The molecule has 0 aliphatic rings. The van der Waals surface area contributed by atoms with Gasteiger partial charge in [0, 0.05) is 0 Å². The summed E-state index contributed by atoms with van der Waals surface area (Å²) in [7, 11) is 1.63. The molecule has 19 heavy (non-hydrogen) atoms. The summed E-state index contributed by atoms with van der Waals surface area (Å²) in [5.41, 5.74) is 0. The second-order valence-electron chi connectivity index (χ2n) is 1.29. The van der Waals surface area contributed by atoms with Gasteiger partial charge in [0.25, 0.3) is 0 Å². The van der Waals surface area contributed by atoms with Gasteiger partial charge in [0.1, 0.15) is 0 Å². The molecular formula is C12H8O6W. The Balaban J connectivity index is -0.0000000356. The summed E-state index contributed by atoms with van der Waals surface area (Å²) in [5.74, 6) is 5.72. The van der Waals surface area contributed by atoms with Crippen LogP contribution in [0.25, 0.3) is 0 Å². The van der Waals surface area contributed by atoms with Crippen LogP contribution in [0.4, 0.5) is 0 Å². The van der Waals surface area contributed by atoms with Crippen LogP contribution in [-0.2, 0) is 47.4 Å². The Bertz CT molecular complexity index is 302. The van der Waals surface area contributed by atoms with Gasteiger partial charge >= 0.3 is 123 Å². The molecule has 0 spiro atoms. The molecule has 0 aromatic rings. The molecular weight excluding hydrogens is 424 g/mol. The van der Waals surface area contributed by atoms with Crippen molar-refractivity contribution >= 4 is 4.08 Å². The molecule has 0 saturated heterocycles. The van der Waals surface area contributed by atoms with Crippen LogP contribution in [0.3, 0.4) is 0 Å². The van der Waals surface area contributed by atoms with Crippen molar-refractivity contribution in [2.24, 2.45) is 0 Å². The Labute approximate surface area is 123 Å². The average molecular weight is 432 g/mol. The van der Waals surface area contributed by atoms with Gasteiger partial charge in [-0.15, -0.1) is 0 Å². The van der Waals surface area contributed by atoms with E-state index < -0.39 is 0 Å².